The van der Waals surface area contributed by atoms with Crippen molar-refractivity contribution < 1.29 is 13.5 Å². The number of rotatable bonds is 6. The van der Waals surface area contributed by atoms with Gasteiger partial charge < -0.3 is 15.4 Å². The minimum absolute atomic E-state index is 0.00525. The zero-order chi connectivity index (χ0) is 17.5. The number of methoxy groups -OCH3 is 1. The molecular formula is C17H27F2N3O. The summed E-state index contributed by atoms with van der Waals surface area (Å²) < 4.78 is 32.1. The van der Waals surface area contributed by atoms with Crippen LogP contribution in [0.4, 0.5) is 8.78 Å². The first-order valence-corrected chi connectivity index (χ1v) is 7.69. The Morgan fingerprint density at radius 1 is 1.26 bits per heavy atom. The van der Waals surface area contributed by atoms with Gasteiger partial charge in [-0.2, -0.15) is 0 Å². The summed E-state index contributed by atoms with van der Waals surface area (Å²) in [4.78, 5) is 4.12. The van der Waals surface area contributed by atoms with E-state index in [0.717, 1.165) is 12.1 Å². The molecule has 1 unspecified atom stereocenters. The average Bonchev–Trinajstić information content (AvgIpc) is 2.48. The normalized spacial score (nSPS) is 13.8. The van der Waals surface area contributed by atoms with E-state index in [1.165, 1.54) is 6.07 Å². The summed E-state index contributed by atoms with van der Waals surface area (Å²) in [7, 11) is 3.34. The van der Waals surface area contributed by atoms with Gasteiger partial charge in [-0.05, 0) is 35.6 Å². The topological polar surface area (TPSA) is 45.7 Å². The monoisotopic (exact) mass is 327 g/mol. The Bertz CT molecular complexity index is 527. The van der Waals surface area contributed by atoms with Crippen LogP contribution in [0.5, 0.6) is 0 Å². The van der Waals surface area contributed by atoms with Crippen molar-refractivity contribution in [2.24, 2.45) is 10.4 Å². The molecule has 0 spiro atoms. The maximum absolute atomic E-state index is 13.6. The van der Waals surface area contributed by atoms with E-state index in [4.69, 9.17) is 4.74 Å². The number of benzene rings is 1. The third kappa shape index (κ3) is 6.52. The van der Waals surface area contributed by atoms with Crippen molar-refractivity contribution in [3.05, 3.63) is 35.4 Å². The van der Waals surface area contributed by atoms with E-state index in [1.54, 1.807) is 14.2 Å². The fourth-order valence-corrected chi connectivity index (χ4v) is 2.20. The van der Waals surface area contributed by atoms with Gasteiger partial charge in [0.1, 0.15) is 11.6 Å². The largest absolute Gasteiger partial charge is 0.379 e. The summed E-state index contributed by atoms with van der Waals surface area (Å²) >= 11 is 0. The van der Waals surface area contributed by atoms with Gasteiger partial charge in [0.05, 0.1) is 6.10 Å². The molecule has 1 aromatic rings. The highest BCUT2D eigenvalue weighted by molar-refractivity contribution is 5.79. The maximum atomic E-state index is 13.6. The lowest BCUT2D eigenvalue weighted by molar-refractivity contribution is 0.0205. The number of ether oxygens (including phenoxy) is 1. The molecule has 0 amide bonds. The van der Waals surface area contributed by atoms with Crippen molar-refractivity contribution in [3.8, 4) is 0 Å². The van der Waals surface area contributed by atoms with Gasteiger partial charge in [-0.15, -0.1) is 0 Å². The fraction of sp³-hybridized carbons (Fsp3) is 0.588. The van der Waals surface area contributed by atoms with Crippen LogP contribution in [0.25, 0.3) is 0 Å². The van der Waals surface area contributed by atoms with Crippen molar-refractivity contribution in [3.63, 3.8) is 0 Å². The molecule has 130 valence electrons. The molecule has 1 aromatic carbocycles. The number of halogens is 2. The molecule has 0 aromatic heterocycles. The molecule has 0 saturated carbocycles. The van der Waals surface area contributed by atoms with E-state index in [9.17, 15) is 8.78 Å². The second kappa shape index (κ2) is 8.82. The first-order valence-electron chi connectivity index (χ1n) is 7.69. The number of hydrogen-bond donors (Lipinski definition) is 2. The Kier molecular flexibility index (Phi) is 7.42. The summed E-state index contributed by atoms with van der Waals surface area (Å²) in [5.41, 5.74) is 0.350. The summed E-state index contributed by atoms with van der Waals surface area (Å²) in [6, 6.07) is 3.47. The molecule has 4 nitrogen and oxygen atoms in total. The van der Waals surface area contributed by atoms with Crippen LogP contribution in [-0.4, -0.2) is 39.3 Å². The Morgan fingerprint density at radius 2 is 1.96 bits per heavy atom. The van der Waals surface area contributed by atoms with Crippen LogP contribution in [-0.2, 0) is 11.2 Å². The third-order valence-corrected chi connectivity index (χ3v) is 3.62. The third-order valence-electron chi connectivity index (χ3n) is 3.62. The number of nitrogens with zero attached hydrogens (tertiary/aromatic N) is 1. The Balaban J connectivity index is 2.47. The molecule has 0 radical (unpaired) electrons. The molecule has 23 heavy (non-hydrogen) atoms. The summed E-state index contributed by atoms with van der Waals surface area (Å²) in [5, 5.41) is 6.28. The molecule has 0 fully saturated rings. The minimum atomic E-state index is -0.433. The molecule has 0 bridgehead atoms. The van der Waals surface area contributed by atoms with Gasteiger partial charge in [-0.25, -0.2) is 8.78 Å². The van der Waals surface area contributed by atoms with Gasteiger partial charge in [0.2, 0.25) is 0 Å². The van der Waals surface area contributed by atoms with Gasteiger partial charge >= 0.3 is 0 Å². The molecule has 2 N–H and O–H groups in total. The predicted octanol–water partition coefficient (Wildman–Crippen LogP) is 2.73. The van der Waals surface area contributed by atoms with Crippen molar-refractivity contribution in [1.29, 1.82) is 0 Å². The summed E-state index contributed by atoms with van der Waals surface area (Å²) in [6.07, 6.45) is 0.402. The van der Waals surface area contributed by atoms with Crippen molar-refractivity contribution in [1.82, 2.24) is 10.6 Å². The average molecular weight is 327 g/mol. The fourth-order valence-electron chi connectivity index (χ4n) is 2.20. The highest BCUT2D eigenvalue weighted by Gasteiger charge is 2.24. The lowest BCUT2D eigenvalue weighted by Gasteiger charge is -2.30. The van der Waals surface area contributed by atoms with Crippen LogP contribution in [0.3, 0.4) is 0 Å². The van der Waals surface area contributed by atoms with Gasteiger partial charge in [-0.3, -0.25) is 4.99 Å². The van der Waals surface area contributed by atoms with Crippen molar-refractivity contribution >= 4 is 5.96 Å². The van der Waals surface area contributed by atoms with Crippen LogP contribution >= 0.6 is 0 Å². The lowest BCUT2D eigenvalue weighted by Crippen LogP contribution is -2.45. The first kappa shape index (κ1) is 19.4. The van der Waals surface area contributed by atoms with Gasteiger partial charge in [-0.1, -0.05) is 20.8 Å². The molecule has 0 aliphatic heterocycles. The number of aliphatic imine (C=N–C) groups is 1. The van der Waals surface area contributed by atoms with E-state index < -0.39 is 11.6 Å². The van der Waals surface area contributed by atoms with Gasteiger partial charge in [0.15, 0.2) is 5.96 Å². The quantitative estimate of drug-likeness (QED) is 0.624. The Hall–Kier alpha value is -1.69. The second-order valence-electron chi connectivity index (χ2n) is 6.46. The van der Waals surface area contributed by atoms with Crippen LogP contribution in [0.15, 0.2) is 23.2 Å². The molecule has 0 saturated heterocycles. The maximum Gasteiger partial charge on any atom is 0.191 e. The summed E-state index contributed by atoms with van der Waals surface area (Å²) in [5.74, 6) is -0.228. The van der Waals surface area contributed by atoms with E-state index in [0.29, 0.717) is 31.0 Å². The Labute approximate surface area is 137 Å². The first-order chi connectivity index (χ1) is 10.8. The lowest BCUT2D eigenvalue weighted by atomic mass is 9.89. The zero-order valence-corrected chi connectivity index (χ0v) is 14.5. The minimum Gasteiger partial charge on any atom is -0.379 e. The van der Waals surface area contributed by atoms with Crippen LogP contribution in [0.2, 0.25) is 0 Å². The number of guanidine groups is 1. The highest BCUT2D eigenvalue weighted by atomic mass is 19.1. The molecule has 6 heteroatoms. The molecule has 1 rings (SSSR count). The van der Waals surface area contributed by atoms with E-state index in [1.807, 2.05) is 0 Å². The van der Waals surface area contributed by atoms with Crippen molar-refractivity contribution in [2.75, 3.05) is 27.2 Å². The van der Waals surface area contributed by atoms with Crippen LogP contribution in [0, 0.1) is 17.0 Å². The molecule has 0 heterocycles. The molecule has 0 aliphatic carbocycles. The number of hydrogen-bond acceptors (Lipinski definition) is 2. The SMILES string of the molecule is CN=C(NCCc1cc(F)ccc1F)NCC(OC)C(C)(C)C. The predicted molar refractivity (Wildman–Crippen MR) is 89.7 cm³/mol. The van der Waals surface area contributed by atoms with Gasteiger partial charge in [0, 0.05) is 27.2 Å². The smallest absolute Gasteiger partial charge is 0.191 e. The number of nitrogens with one attached hydrogen (secondary N) is 2. The standard InChI is InChI=1S/C17H27F2N3O/c1-17(2,3)15(23-5)11-22-16(20-4)21-9-8-12-10-13(18)6-7-14(12)19/h6-7,10,15H,8-9,11H2,1-5H3,(H2,20,21,22). The molecule has 1 atom stereocenters. The Morgan fingerprint density at radius 3 is 2.52 bits per heavy atom. The molecule has 0 aliphatic rings. The van der Waals surface area contributed by atoms with E-state index in [-0.39, 0.29) is 11.5 Å². The zero-order valence-electron chi connectivity index (χ0n) is 14.5. The van der Waals surface area contributed by atoms with E-state index in [2.05, 4.69) is 36.4 Å². The second-order valence-corrected chi connectivity index (χ2v) is 6.46. The van der Waals surface area contributed by atoms with Crippen LogP contribution < -0.4 is 10.6 Å². The van der Waals surface area contributed by atoms with E-state index >= 15 is 0 Å². The highest BCUT2D eigenvalue weighted by Crippen LogP contribution is 2.20. The molecular weight excluding hydrogens is 300 g/mol. The van der Waals surface area contributed by atoms with Crippen LogP contribution in [0.1, 0.15) is 26.3 Å². The van der Waals surface area contributed by atoms with Gasteiger partial charge in [0.25, 0.3) is 0 Å². The summed E-state index contributed by atoms with van der Waals surface area (Å²) in [6.45, 7) is 7.37. The van der Waals surface area contributed by atoms with Crippen molar-refractivity contribution in [2.45, 2.75) is 33.3 Å².